The van der Waals surface area contributed by atoms with Crippen molar-refractivity contribution >= 4 is 17.9 Å². The number of esters is 2. The SMILES string of the molecule is CC/C=C/C/C=C/C/C=C/C/C=C/C/C=C/CCCCCCC(=O)OC(COCCC(C(=O)[O-])[N+](C)(C)C)COC(=O)CC/C=C/CCCCC. The van der Waals surface area contributed by atoms with Gasteiger partial charge in [-0.25, -0.2) is 0 Å². The van der Waals surface area contributed by atoms with Gasteiger partial charge in [0, 0.05) is 19.3 Å². The smallest absolute Gasteiger partial charge is 0.306 e. The molecule has 51 heavy (non-hydrogen) atoms. The molecule has 2 unspecified atom stereocenters. The maximum atomic E-state index is 12.6. The lowest BCUT2D eigenvalue weighted by Gasteiger charge is -2.34. The Balaban J connectivity index is 4.41. The summed E-state index contributed by atoms with van der Waals surface area (Å²) in [5.74, 6) is -1.85. The number of carbonyl (C=O) groups is 3. The van der Waals surface area contributed by atoms with Crippen LogP contribution in [-0.2, 0) is 28.6 Å². The molecule has 0 aliphatic rings. The highest BCUT2D eigenvalue weighted by molar-refractivity contribution is 5.70. The second-order valence-electron chi connectivity index (χ2n) is 13.8. The van der Waals surface area contributed by atoms with E-state index in [0.29, 0.717) is 6.42 Å². The lowest BCUT2D eigenvalue weighted by Crippen LogP contribution is -2.55. The third-order valence-corrected chi connectivity index (χ3v) is 8.09. The lowest BCUT2D eigenvalue weighted by molar-refractivity contribution is -0.889. The molecule has 0 saturated heterocycles. The van der Waals surface area contributed by atoms with E-state index in [2.05, 4.69) is 80.7 Å². The zero-order valence-corrected chi connectivity index (χ0v) is 32.7. The van der Waals surface area contributed by atoms with Crippen molar-refractivity contribution in [3.63, 3.8) is 0 Å². The van der Waals surface area contributed by atoms with Crippen molar-refractivity contribution in [1.29, 1.82) is 0 Å². The topological polar surface area (TPSA) is 102 Å². The molecule has 8 heteroatoms. The summed E-state index contributed by atoms with van der Waals surface area (Å²) < 4.78 is 16.9. The summed E-state index contributed by atoms with van der Waals surface area (Å²) in [7, 11) is 5.36. The van der Waals surface area contributed by atoms with Gasteiger partial charge in [0.25, 0.3) is 0 Å². The minimum absolute atomic E-state index is 0.0144. The number of carboxylic acid groups (broad SMARTS) is 1. The summed E-state index contributed by atoms with van der Waals surface area (Å²) >= 11 is 0. The van der Waals surface area contributed by atoms with Crippen molar-refractivity contribution in [2.24, 2.45) is 0 Å². The molecule has 0 aliphatic carbocycles. The minimum Gasteiger partial charge on any atom is -0.544 e. The number of hydrogen-bond donors (Lipinski definition) is 0. The van der Waals surface area contributed by atoms with Gasteiger partial charge in [0.05, 0.1) is 40.3 Å². The van der Waals surface area contributed by atoms with Crippen LogP contribution in [0.3, 0.4) is 0 Å². The number of aliphatic carboxylic acids is 1. The van der Waals surface area contributed by atoms with Crippen molar-refractivity contribution in [3.8, 4) is 0 Å². The molecule has 0 aromatic heterocycles. The Hall–Kier alpha value is -3.23. The van der Waals surface area contributed by atoms with Crippen molar-refractivity contribution in [2.45, 2.75) is 142 Å². The monoisotopic (exact) mass is 714 g/mol. The average molecular weight is 714 g/mol. The van der Waals surface area contributed by atoms with Gasteiger partial charge < -0.3 is 28.6 Å². The van der Waals surface area contributed by atoms with Gasteiger partial charge in [-0.2, -0.15) is 0 Å². The molecule has 0 saturated carbocycles. The summed E-state index contributed by atoms with van der Waals surface area (Å²) in [6.45, 7) is 4.38. The third-order valence-electron chi connectivity index (χ3n) is 8.09. The van der Waals surface area contributed by atoms with Gasteiger partial charge in [-0.05, 0) is 70.6 Å². The number of likely N-dealkylation sites (N-methyl/N-ethyl adjacent to an activating group) is 1. The third kappa shape index (κ3) is 32.4. The molecule has 2 atom stereocenters. The van der Waals surface area contributed by atoms with E-state index < -0.39 is 18.1 Å². The number of rotatable bonds is 33. The molecule has 0 aromatic carbocycles. The Labute approximate surface area is 311 Å². The quantitative estimate of drug-likeness (QED) is 0.0290. The number of unbranched alkanes of at least 4 members (excludes halogenated alkanes) is 7. The lowest BCUT2D eigenvalue weighted by atomic mass is 10.1. The number of carbonyl (C=O) groups excluding carboxylic acids is 3. The van der Waals surface area contributed by atoms with E-state index >= 15 is 0 Å². The number of hydrogen-bond acceptors (Lipinski definition) is 7. The van der Waals surface area contributed by atoms with Gasteiger partial charge >= 0.3 is 11.9 Å². The first-order chi connectivity index (χ1) is 24.6. The fraction of sp³-hybridized carbons (Fsp3) is 0.651. The van der Waals surface area contributed by atoms with Crippen molar-refractivity contribution in [1.82, 2.24) is 0 Å². The summed E-state index contributed by atoms with van der Waals surface area (Å²) in [4.78, 5) is 36.5. The van der Waals surface area contributed by atoms with E-state index in [1.54, 1.807) is 21.1 Å². The van der Waals surface area contributed by atoms with Crippen LogP contribution in [0.4, 0.5) is 0 Å². The largest absolute Gasteiger partial charge is 0.544 e. The highest BCUT2D eigenvalue weighted by Gasteiger charge is 2.25. The number of allylic oxidation sites excluding steroid dienone is 12. The molecule has 290 valence electrons. The number of quaternary nitrogens is 1. The van der Waals surface area contributed by atoms with Crippen molar-refractivity contribution < 1.29 is 38.2 Å². The zero-order valence-electron chi connectivity index (χ0n) is 32.7. The molecule has 0 radical (unpaired) electrons. The zero-order chi connectivity index (χ0) is 37.8. The van der Waals surface area contributed by atoms with Crippen LogP contribution in [0.1, 0.15) is 129 Å². The highest BCUT2D eigenvalue weighted by atomic mass is 16.6. The first-order valence-corrected chi connectivity index (χ1v) is 19.5. The Kier molecular flexibility index (Phi) is 31.7. The van der Waals surface area contributed by atoms with E-state index in [4.69, 9.17) is 14.2 Å². The molecule has 0 aliphatic heterocycles. The van der Waals surface area contributed by atoms with E-state index in [1.807, 2.05) is 6.08 Å². The minimum atomic E-state index is -1.14. The first-order valence-electron chi connectivity index (χ1n) is 19.5. The predicted octanol–water partition coefficient (Wildman–Crippen LogP) is 8.68. The average Bonchev–Trinajstić information content (AvgIpc) is 3.08. The van der Waals surface area contributed by atoms with Crippen LogP contribution in [0.25, 0.3) is 0 Å². The van der Waals surface area contributed by atoms with Gasteiger partial charge in [-0.1, -0.05) is 112 Å². The van der Waals surface area contributed by atoms with E-state index in [-0.39, 0.29) is 55.5 Å². The maximum absolute atomic E-state index is 12.6. The maximum Gasteiger partial charge on any atom is 0.306 e. The molecule has 0 bridgehead atoms. The standard InChI is InChI=1S/C43H71NO7/c1-6-8-10-12-14-15-16-17-18-19-20-21-22-23-24-25-26-28-30-32-34-42(46)51-39(37-49-36-35-40(43(47)48)44(3,4)5)38-50-41(45)33-31-29-27-13-11-9-7-2/h8,10,14-15,17-18,20-21,23-24,27,29,39-40H,6-7,9,11-13,16,19,22,25-26,28,30-38H2,1-5H3/b10-8+,15-14+,18-17+,21-20+,24-23+,29-27+. The van der Waals surface area contributed by atoms with E-state index in [9.17, 15) is 19.5 Å². The van der Waals surface area contributed by atoms with Crippen molar-refractivity contribution in [3.05, 3.63) is 72.9 Å². The molecule has 8 nitrogen and oxygen atoms in total. The van der Waals surface area contributed by atoms with Crippen LogP contribution >= 0.6 is 0 Å². The Morgan fingerprint density at radius 1 is 0.608 bits per heavy atom. The molecule has 0 amide bonds. The second-order valence-corrected chi connectivity index (χ2v) is 13.8. The van der Waals surface area contributed by atoms with Crippen LogP contribution in [0.5, 0.6) is 0 Å². The Morgan fingerprint density at radius 3 is 1.71 bits per heavy atom. The molecule has 0 aromatic rings. The van der Waals surface area contributed by atoms with Gasteiger partial charge in [0.2, 0.25) is 0 Å². The molecular formula is C43H71NO7. The molecule has 0 fully saturated rings. The van der Waals surface area contributed by atoms with E-state index in [1.165, 1.54) is 12.8 Å². The molecule has 0 rings (SSSR count). The highest BCUT2D eigenvalue weighted by Crippen LogP contribution is 2.11. The van der Waals surface area contributed by atoms with Gasteiger partial charge in [0.1, 0.15) is 12.6 Å². The van der Waals surface area contributed by atoms with Gasteiger partial charge in [-0.3, -0.25) is 9.59 Å². The molecule has 0 N–H and O–H groups in total. The Bertz CT molecular complexity index is 1060. The van der Waals surface area contributed by atoms with Crippen LogP contribution in [0.2, 0.25) is 0 Å². The van der Waals surface area contributed by atoms with Crippen LogP contribution < -0.4 is 5.11 Å². The molecule has 0 heterocycles. The van der Waals surface area contributed by atoms with Crippen LogP contribution in [0.15, 0.2) is 72.9 Å². The van der Waals surface area contributed by atoms with Crippen LogP contribution in [0, 0.1) is 0 Å². The normalized spacial score (nSPS) is 13.8. The predicted molar refractivity (Wildman–Crippen MR) is 208 cm³/mol. The summed E-state index contributed by atoms with van der Waals surface area (Å²) in [6, 6.07) is -0.736. The van der Waals surface area contributed by atoms with Gasteiger partial charge in [0.15, 0.2) is 6.10 Å². The van der Waals surface area contributed by atoms with Crippen LogP contribution in [-0.4, -0.2) is 75.5 Å². The van der Waals surface area contributed by atoms with Gasteiger partial charge in [-0.15, -0.1) is 0 Å². The molecular weight excluding hydrogens is 642 g/mol. The van der Waals surface area contributed by atoms with E-state index in [0.717, 1.165) is 77.0 Å². The van der Waals surface area contributed by atoms with Crippen molar-refractivity contribution in [2.75, 3.05) is 41.0 Å². The fourth-order valence-corrected chi connectivity index (χ4v) is 5.05. The summed E-state index contributed by atoms with van der Waals surface area (Å²) in [5, 5.41) is 11.6. The molecule has 0 spiro atoms. The number of ether oxygens (including phenoxy) is 3. The number of nitrogens with zero attached hydrogens (tertiary/aromatic N) is 1. The summed E-state index contributed by atoms with van der Waals surface area (Å²) in [6.07, 6.45) is 41.0. The Morgan fingerprint density at radius 2 is 1.14 bits per heavy atom. The summed E-state index contributed by atoms with van der Waals surface area (Å²) in [5.41, 5.74) is 0. The second kappa shape index (κ2) is 33.9. The fourth-order valence-electron chi connectivity index (χ4n) is 5.05. The first kappa shape index (κ1) is 47.8. The number of carboxylic acids is 1.